The number of nitrogens with one attached hydrogen (secondary N) is 5. The van der Waals surface area contributed by atoms with Crippen LogP contribution >= 0.6 is 0 Å². The zero-order valence-corrected chi connectivity index (χ0v) is 41.2. The van der Waals surface area contributed by atoms with E-state index in [9.17, 15) is 43.5 Å². The largest absolute Gasteiger partial charge is 0.481 e. The zero-order chi connectivity index (χ0) is 50.9. The molecule has 0 spiro atoms. The van der Waals surface area contributed by atoms with Gasteiger partial charge in [0.1, 0.15) is 25.5 Å². The number of aldehydes is 1. The molecule has 68 heavy (non-hydrogen) atoms. The summed E-state index contributed by atoms with van der Waals surface area (Å²) in [6.45, 7) is 5.46. The summed E-state index contributed by atoms with van der Waals surface area (Å²) in [6, 6.07) is -1.96. The number of hydrogen-bond acceptors (Lipinski definition) is 13. The van der Waals surface area contributed by atoms with Crippen molar-refractivity contribution in [2.24, 2.45) is 5.92 Å². The van der Waals surface area contributed by atoms with Gasteiger partial charge in [0, 0.05) is 44.8 Å². The first kappa shape index (κ1) is 65.9. The highest BCUT2D eigenvalue weighted by molar-refractivity contribution is 6.06. The lowest BCUT2D eigenvalue weighted by Gasteiger charge is -2.14. The molecule has 0 fully saturated rings. The van der Waals surface area contributed by atoms with E-state index in [0.29, 0.717) is 32.2 Å². The van der Waals surface area contributed by atoms with Gasteiger partial charge >= 0.3 is 17.9 Å². The number of unbranched alkanes of at least 4 members (excludes halogenated alkanes) is 16. The van der Waals surface area contributed by atoms with Crippen molar-refractivity contribution in [1.82, 2.24) is 26.5 Å². The Morgan fingerprint density at radius 2 is 0.853 bits per heavy atom. The summed E-state index contributed by atoms with van der Waals surface area (Å²) < 4.78 is 21.3. The van der Waals surface area contributed by atoms with E-state index in [4.69, 9.17) is 37.1 Å². The maximum absolute atomic E-state index is 12.3. The lowest BCUT2D eigenvalue weighted by molar-refractivity contribution is -0.142. The first-order valence-corrected chi connectivity index (χ1v) is 24.7. The van der Waals surface area contributed by atoms with E-state index < -0.39 is 30.0 Å². The Bertz CT molecular complexity index is 1330. The highest BCUT2D eigenvalue weighted by Gasteiger charge is 2.21. The van der Waals surface area contributed by atoms with Crippen LogP contribution in [-0.2, 0) is 57.3 Å². The van der Waals surface area contributed by atoms with Crippen LogP contribution in [-0.4, -0.2) is 156 Å². The molecule has 0 heterocycles. The molecule has 0 saturated carbocycles. The molecule has 0 aliphatic heterocycles. The molecule has 392 valence electrons. The van der Waals surface area contributed by atoms with E-state index in [1.165, 1.54) is 57.8 Å². The van der Waals surface area contributed by atoms with Crippen LogP contribution in [0.1, 0.15) is 162 Å². The molecule has 2 unspecified atom stereocenters. The van der Waals surface area contributed by atoms with E-state index in [1.54, 1.807) is 0 Å². The van der Waals surface area contributed by atoms with Gasteiger partial charge in [-0.2, -0.15) is 0 Å². The van der Waals surface area contributed by atoms with Gasteiger partial charge in [0.15, 0.2) is 7.98 Å². The molecule has 8 N–H and O–H groups in total. The Balaban J connectivity index is 0. The van der Waals surface area contributed by atoms with Gasteiger partial charge in [0.05, 0.1) is 45.7 Å². The van der Waals surface area contributed by atoms with Crippen molar-refractivity contribution >= 4 is 55.8 Å². The van der Waals surface area contributed by atoms with E-state index >= 15 is 0 Å². The number of carbonyl (C=O) groups is 8. The highest BCUT2D eigenvalue weighted by Crippen LogP contribution is 2.14. The molecule has 21 heteroatoms. The second-order valence-electron chi connectivity index (χ2n) is 16.9. The molecule has 2 atom stereocenters. The molecular weight excluding hydrogens is 885 g/mol. The molecule has 0 rings (SSSR count). The zero-order valence-electron chi connectivity index (χ0n) is 41.2. The van der Waals surface area contributed by atoms with E-state index in [0.717, 1.165) is 44.8 Å². The maximum Gasteiger partial charge on any atom is 0.326 e. The quantitative estimate of drug-likeness (QED) is 0.0243. The van der Waals surface area contributed by atoms with Crippen LogP contribution in [0.5, 0.6) is 0 Å². The van der Waals surface area contributed by atoms with Crippen molar-refractivity contribution in [3.63, 3.8) is 0 Å². The first-order chi connectivity index (χ1) is 32.7. The van der Waals surface area contributed by atoms with Crippen LogP contribution in [0, 0.1) is 5.92 Å². The van der Waals surface area contributed by atoms with Crippen LogP contribution in [0.15, 0.2) is 0 Å². The Hall–Kier alpha value is -4.18. The van der Waals surface area contributed by atoms with Gasteiger partial charge in [0.2, 0.25) is 23.6 Å². The number of ether oxygens (including phenoxy) is 4. The van der Waals surface area contributed by atoms with Gasteiger partial charge in [-0.05, 0) is 38.5 Å². The molecule has 0 aromatic heterocycles. The predicted octanol–water partition coefficient (Wildman–Crippen LogP) is 4.00. The third kappa shape index (κ3) is 49.7. The second-order valence-corrected chi connectivity index (χ2v) is 16.9. The molecule has 4 amide bonds. The summed E-state index contributed by atoms with van der Waals surface area (Å²) >= 11 is 0. The smallest absolute Gasteiger partial charge is 0.326 e. The number of aliphatic carboxylic acids is 3. The lowest BCUT2D eigenvalue weighted by atomic mass is 10.0. The average molecular weight is 972 g/mol. The standard InChI is InChI=1S/C43H78BN5O14.C4H8O/c44-49-36(43(58)59)19-17-18-24-45-39(52)33-62-31-30-61-28-26-47-40(53)34-63-32-29-60-27-25-46-37(50)23-22-35(42(56)57)48-38(51)20-15-13-11-9-7-5-3-1-2-4-6-8-10-12-14-16-21-41(54)55;1-4(2)3-5/h35-36,49H,1-34H2,(H,45,52)(H,46,50)(H,47,53)(H,48,51)(H,54,55)(H,56,57)(H,58,59);3-4H,1-2H3. The number of carboxylic acid groups (broad SMARTS) is 3. The highest BCUT2D eigenvalue weighted by atomic mass is 16.5. The summed E-state index contributed by atoms with van der Waals surface area (Å²) in [6.07, 6.45) is 20.7. The summed E-state index contributed by atoms with van der Waals surface area (Å²) in [7, 11) is 5.17. The number of carbonyl (C=O) groups excluding carboxylic acids is 5. The normalized spacial score (nSPS) is 11.8. The van der Waals surface area contributed by atoms with Crippen LogP contribution < -0.4 is 26.5 Å². The summed E-state index contributed by atoms with van der Waals surface area (Å²) in [5, 5.41) is 39.8. The third-order valence-electron chi connectivity index (χ3n) is 10.2. The van der Waals surface area contributed by atoms with Crippen LogP contribution in [0.25, 0.3) is 0 Å². The van der Waals surface area contributed by atoms with Crippen LogP contribution in [0.2, 0.25) is 0 Å². The summed E-state index contributed by atoms with van der Waals surface area (Å²) in [5.41, 5.74) is 0. The van der Waals surface area contributed by atoms with E-state index in [1.807, 2.05) is 13.8 Å². The third-order valence-corrected chi connectivity index (χ3v) is 10.2. The van der Waals surface area contributed by atoms with Crippen molar-refractivity contribution in [1.29, 1.82) is 0 Å². The van der Waals surface area contributed by atoms with E-state index in [2.05, 4.69) is 26.5 Å². The Morgan fingerprint density at radius 1 is 0.456 bits per heavy atom. The SMILES string of the molecule is CC(C)C=O.[B]NC(CCCCNC(=O)COCCOCCNC(=O)COCCOCCNC(=O)CCC(NC(=O)CCCCCCCCCCCCCCCCCCC(=O)O)C(=O)O)C(=O)O. The second kappa shape index (κ2) is 49.3. The molecule has 0 aliphatic rings. The minimum atomic E-state index is -1.19. The number of amides is 4. The monoisotopic (exact) mass is 972 g/mol. The van der Waals surface area contributed by atoms with Gasteiger partial charge in [-0.15, -0.1) is 0 Å². The molecule has 0 aliphatic carbocycles. The topological polar surface area (TPSA) is 294 Å². The Kier molecular flexibility index (Phi) is 47.7. The fraction of sp³-hybridized carbons (Fsp3) is 0.830. The van der Waals surface area contributed by atoms with Gasteiger partial charge in [-0.3, -0.25) is 28.8 Å². The molecular formula is C47H86BN5O15. The fourth-order valence-electron chi connectivity index (χ4n) is 6.30. The number of rotatable bonds is 48. The van der Waals surface area contributed by atoms with Crippen LogP contribution in [0.4, 0.5) is 0 Å². The van der Waals surface area contributed by atoms with Crippen molar-refractivity contribution in [3.05, 3.63) is 0 Å². The van der Waals surface area contributed by atoms with Gasteiger partial charge < -0.3 is 65.6 Å². The first-order valence-electron chi connectivity index (χ1n) is 24.7. The van der Waals surface area contributed by atoms with Crippen LogP contribution in [0.3, 0.4) is 0 Å². The molecule has 0 aromatic rings. The lowest BCUT2D eigenvalue weighted by Crippen LogP contribution is -2.41. The van der Waals surface area contributed by atoms with Crippen molar-refractivity contribution in [2.75, 3.05) is 72.5 Å². The van der Waals surface area contributed by atoms with Crippen molar-refractivity contribution in [3.8, 4) is 0 Å². The van der Waals surface area contributed by atoms with E-state index in [-0.39, 0.29) is 121 Å². The molecule has 0 aromatic carbocycles. The number of carboxylic acids is 3. The summed E-state index contributed by atoms with van der Waals surface area (Å²) in [5.74, 6) is -4.03. The maximum atomic E-state index is 12.3. The Morgan fingerprint density at radius 3 is 1.26 bits per heavy atom. The van der Waals surface area contributed by atoms with Crippen molar-refractivity contribution < 1.29 is 72.6 Å². The number of hydrogen-bond donors (Lipinski definition) is 8. The molecule has 2 radical (unpaired) electrons. The van der Waals surface area contributed by atoms with Gasteiger partial charge in [-0.1, -0.05) is 104 Å². The minimum Gasteiger partial charge on any atom is -0.481 e. The van der Waals surface area contributed by atoms with Gasteiger partial charge in [-0.25, -0.2) is 4.79 Å². The molecule has 0 bridgehead atoms. The molecule has 0 saturated heterocycles. The van der Waals surface area contributed by atoms with Crippen molar-refractivity contribution in [2.45, 2.75) is 174 Å². The summed E-state index contributed by atoms with van der Waals surface area (Å²) in [4.78, 5) is 90.8. The fourth-order valence-corrected chi connectivity index (χ4v) is 6.30. The minimum absolute atomic E-state index is 0.0295. The predicted molar refractivity (Wildman–Crippen MR) is 257 cm³/mol. The average Bonchev–Trinajstić information content (AvgIpc) is 3.29. The molecule has 20 nitrogen and oxygen atoms in total. The Labute approximate surface area is 406 Å². The van der Waals surface area contributed by atoms with Gasteiger partial charge in [0.25, 0.3) is 0 Å².